The van der Waals surface area contributed by atoms with Gasteiger partial charge in [-0.1, -0.05) is 6.07 Å². The number of pyridine rings is 1. The second kappa shape index (κ2) is 5.91. The number of hydrogen-bond acceptors (Lipinski definition) is 5. The first-order chi connectivity index (χ1) is 12.5. The molecular formula is C18H18N6O2. The van der Waals surface area contributed by atoms with Gasteiger partial charge in [0.05, 0.1) is 41.8 Å². The summed E-state index contributed by atoms with van der Waals surface area (Å²) in [5.41, 5.74) is 2.37. The molecule has 0 aliphatic carbocycles. The van der Waals surface area contributed by atoms with Crippen LogP contribution in [0.1, 0.15) is 33.1 Å². The number of fused-ring (bicyclic) bond motifs is 1. The lowest BCUT2D eigenvalue weighted by Crippen LogP contribution is -2.27. The van der Waals surface area contributed by atoms with Gasteiger partial charge in [-0.15, -0.1) is 0 Å². The van der Waals surface area contributed by atoms with Gasteiger partial charge < -0.3 is 4.90 Å². The Labute approximate surface area is 149 Å². The molecule has 0 bridgehead atoms. The second-order valence-electron chi connectivity index (χ2n) is 6.35. The van der Waals surface area contributed by atoms with E-state index in [9.17, 15) is 9.59 Å². The van der Waals surface area contributed by atoms with Crippen molar-refractivity contribution in [1.29, 1.82) is 0 Å². The van der Waals surface area contributed by atoms with E-state index in [4.69, 9.17) is 0 Å². The van der Waals surface area contributed by atoms with Crippen LogP contribution in [0.2, 0.25) is 0 Å². The molecule has 1 aliphatic rings. The molecule has 0 N–H and O–H groups in total. The molecule has 0 unspecified atom stereocenters. The Morgan fingerprint density at radius 2 is 2.00 bits per heavy atom. The van der Waals surface area contributed by atoms with Crippen LogP contribution in [0.15, 0.2) is 35.4 Å². The Bertz CT molecular complexity index is 1070. The van der Waals surface area contributed by atoms with Crippen LogP contribution >= 0.6 is 0 Å². The van der Waals surface area contributed by atoms with Gasteiger partial charge in [-0.2, -0.15) is 5.10 Å². The van der Waals surface area contributed by atoms with Crippen LogP contribution in [-0.4, -0.2) is 35.1 Å². The predicted octanol–water partition coefficient (Wildman–Crippen LogP) is 1.13. The van der Waals surface area contributed by atoms with Crippen molar-refractivity contribution in [2.45, 2.75) is 26.9 Å². The first-order valence-corrected chi connectivity index (χ1v) is 8.28. The number of amides is 1. The third kappa shape index (κ3) is 2.42. The molecule has 4 rings (SSSR count). The molecule has 26 heavy (non-hydrogen) atoms. The maximum absolute atomic E-state index is 13.0. The van der Waals surface area contributed by atoms with E-state index in [1.807, 2.05) is 25.1 Å². The fourth-order valence-corrected chi connectivity index (χ4v) is 3.17. The number of carbonyl (C=O) groups excluding carboxylic acids is 1. The predicted molar refractivity (Wildman–Crippen MR) is 93.9 cm³/mol. The third-order valence-electron chi connectivity index (χ3n) is 4.78. The van der Waals surface area contributed by atoms with Gasteiger partial charge in [-0.3, -0.25) is 14.2 Å². The molecule has 8 heteroatoms. The minimum atomic E-state index is -0.164. The van der Waals surface area contributed by atoms with Crippen LogP contribution < -0.4 is 5.56 Å². The number of carbonyl (C=O) groups is 1. The highest BCUT2D eigenvalue weighted by Crippen LogP contribution is 2.22. The summed E-state index contributed by atoms with van der Waals surface area (Å²) in [5.74, 6) is 1.13. The standard InChI is InChI=1S/C18H18N6O2/c1-11-13(8-20-24(11)16-6-4-5-7-19-16)18(26)23-9-14-15(10-23)21-12(2)22(3)17(14)25/h4-8H,9-10H2,1-3H3. The van der Waals surface area contributed by atoms with Gasteiger partial charge in [-0.25, -0.2) is 14.6 Å². The van der Waals surface area contributed by atoms with E-state index in [0.29, 0.717) is 40.7 Å². The summed E-state index contributed by atoms with van der Waals surface area (Å²) >= 11 is 0. The minimum Gasteiger partial charge on any atom is -0.328 e. The molecule has 3 aromatic rings. The summed E-state index contributed by atoms with van der Waals surface area (Å²) in [6.07, 6.45) is 3.23. The topological polar surface area (TPSA) is 85.9 Å². The van der Waals surface area contributed by atoms with E-state index in [1.54, 1.807) is 35.9 Å². The quantitative estimate of drug-likeness (QED) is 0.692. The van der Waals surface area contributed by atoms with Crippen LogP contribution in [0.3, 0.4) is 0 Å². The van der Waals surface area contributed by atoms with Gasteiger partial charge in [-0.05, 0) is 26.0 Å². The summed E-state index contributed by atoms with van der Waals surface area (Å²) in [5, 5.41) is 4.30. The van der Waals surface area contributed by atoms with Crippen LogP contribution in [0.4, 0.5) is 0 Å². The molecule has 0 spiro atoms. The zero-order chi connectivity index (χ0) is 18.4. The summed E-state index contributed by atoms with van der Waals surface area (Å²) in [4.78, 5) is 35.7. The first kappa shape index (κ1) is 16.2. The number of nitrogens with zero attached hydrogens (tertiary/aromatic N) is 6. The molecule has 8 nitrogen and oxygen atoms in total. The number of rotatable bonds is 2. The van der Waals surface area contributed by atoms with Gasteiger partial charge in [0.25, 0.3) is 11.5 Å². The molecule has 0 fully saturated rings. The lowest BCUT2D eigenvalue weighted by molar-refractivity contribution is 0.0749. The lowest BCUT2D eigenvalue weighted by Gasteiger charge is -2.14. The van der Waals surface area contributed by atoms with Crippen molar-refractivity contribution in [2.24, 2.45) is 7.05 Å². The summed E-state index contributed by atoms with van der Waals surface area (Å²) in [6, 6.07) is 5.52. The van der Waals surface area contributed by atoms with Gasteiger partial charge in [0, 0.05) is 13.2 Å². The fourth-order valence-electron chi connectivity index (χ4n) is 3.17. The molecule has 0 aromatic carbocycles. The van der Waals surface area contributed by atoms with Crippen LogP contribution in [0, 0.1) is 13.8 Å². The summed E-state index contributed by atoms with van der Waals surface area (Å²) < 4.78 is 3.15. The summed E-state index contributed by atoms with van der Waals surface area (Å²) in [7, 11) is 1.69. The number of aromatic nitrogens is 5. The second-order valence-corrected chi connectivity index (χ2v) is 6.35. The van der Waals surface area contributed by atoms with E-state index < -0.39 is 0 Å². The molecule has 1 amide bonds. The van der Waals surface area contributed by atoms with Gasteiger partial charge in [0.15, 0.2) is 5.82 Å². The fraction of sp³-hybridized carbons (Fsp3) is 0.278. The van der Waals surface area contributed by atoms with Crippen molar-refractivity contribution in [3.05, 3.63) is 69.3 Å². The number of aryl methyl sites for hydroxylation is 1. The van der Waals surface area contributed by atoms with E-state index in [0.717, 1.165) is 0 Å². The highest BCUT2D eigenvalue weighted by Gasteiger charge is 2.30. The van der Waals surface area contributed by atoms with Gasteiger partial charge in [0.1, 0.15) is 5.82 Å². The van der Waals surface area contributed by atoms with Crippen LogP contribution in [0.25, 0.3) is 5.82 Å². The Kier molecular flexibility index (Phi) is 3.68. The molecule has 0 saturated carbocycles. The Balaban J connectivity index is 1.65. The van der Waals surface area contributed by atoms with E-state index in [-0.39, 0.29) is 18.0 Å². The average molecular weight is 350 g/mol. The highest BCUT2D eigenvalue weighted by molar-refractivity contribution is 5.95. The average Bonchev–Trinajstić information content (AvgIpc) is 3.24. The van der Waals surface area contributed by atoms with Crippen molar-refractivity contribution in [1.82, 2.24) is 29.2 Å². The molecule has 4 heterocycles. The lowest BCUT2D eigenvalue weighted by atomic mass is 10.2. The van der Waals surface area contributed by atoms with E-state index in [1.165, 1.54) is 4.57 Å². The largest absolute Gasteiger partial charge is 0.328 e. The molecule has 132 valence electrons. The van der Waals surface area contributed by atoms with Crippen LogP contribution in [0.5, 0.6) is 0 Å². The number of hydrogen-bond donors (Lipinski definition) is 0. The highest BCUT2D eigenvalue weighted by atomic mass is 16.2. The Morgan fingerprint density at radius 1 is 1.19 bits per heavy atom. The van der Waals surface area contributed by atoms with Crippen molar-refractivity contribution in [2.75, 3.05) is 0 Å². The first-order valence-electron chi connectivity index (χ1n) is 8.28. The van der Waals surface area contributed by atoms with Gasteiger partial charge >= 0.3 is 0 Å². The maximum atomic E-state index is 13.0. The zero-order valence-corrected chi connectivity index (χ0v) is 14.8. The van der Waals surface area contributed by atoms with E-state index in [2.05, 4.69) is 15.1 Å². The monoisotopic (exact) mass is 350 g/mol. The normalized spacial score (nSPS) is 13.1. The van der Waals surface area contributed by atoms with Crippen molar-refractivity contribution in [3.63, 3.8) is 0 Å². The Hall–Kier alpha value is -3.29. The zero-order valence-electron chi connectivity index (χ0n) is 14.8. The molecule has 0 saturated heterocycles. The van der Waals surface area contributed by atoms with Crippen molar-refractivity contribution < 1.29 is 4.79 Å². The molecule has 3 aromatic heterocycles. The minimum absolute atomic E-state index is 0.0938. The third-order valence-corrected chi connectivity index (χ3v) is 4.78. The smallest absolute Gasteiger partial charge is 0.258 e. The van der Waals surface area contributed by atoms with Crippen LogP contribution in [-0.2, 0) is 20.1 Å². The van der Waals surface area contributed by atoms with E-state index >= 15 is 0 Å². The summed E-state index contributed by atoms with van der Waals surface area (Å²) in [6.45, 7) is 4.22. The molecule has 0 atom stereocenters. The molecule has 1 aliphatic heterocycles. The van der Waals surface area contributed by atoms with Crippen molar-refractivity contribution in [3.8, 4) is 5.82 Å². The molecule has 0 radical (unpaired) electrons. The SMILES string of the molecule is Cc1c(C(=O)N2Cc3nc(C)n(C)c(=O)c3C2)cnn1-c1ccccn1. The van der Waals surface area contributed by atoms with Crippen molar-refractivity contribution >= 4 is 5.91 Å². The maximum Gasteiger partial charge on any atom is 0.258 e. The van der Waals surface area contributed by atoms with Gasteiger partial charge in [0.2, 0.25) is 0 Å². The Morgan fingerprint density at radius 3 is 2.73 bits per heavy atom. The molecular weight excluding hydrogens is 332 g/mol.